The van der Waals surface area contributed by atoms with E-state index in [1.807, 2.05) is 31.2 Å². The van der Waals surface area contributed by atoms with Crippen LogP contribution in [0.3, 0.4) is 0 Å². The standard InChI is InChI=1S/C18H22N2O4/c1-12-4-5-13-10-16(19-15(13)9-12)18(23)20(7-6-17(21)22)11-14-3-2-8-24-14/h4-5,9-10,14,19H,2-3,6-8,11H2,1H3,(H,21,22)/t14-/m1/s1. The van der Waals surface area contributed by atoms with Gasteiger partial charge in [-0.3, -0.25) is 9.59 Å². The molecule has 0 bridgehead atoms. The molecule has 128 valence electrons. The number of rotatable bonds is 6. The van der Waals surface area contributed by atoms with Crippen molar-refractivity contribution in [3.05, 3.63) is 35.5 Å². The fraction of sp³-hybridized carbons (Fsp3) is 0.444. The number of nitrogens with zero attached hydrogens (tertiary/aromatic N) is 1. The van der Waals surface area contributed by atoms with Crippen molar-refractivity contribution in [1.82, 2.24) is 9.88 Å². The van der Waals surface area contributed by atoms with Crippen molar-refractivity contribution >= 4 is 22.8 Å². The Bertz CT molecular complexity index is 747. The van der Waals surface area contributed by atoms with E-state index < -0.39 is 5.97 Å². The maximum absolute atomic E-state index is 12.8. The molecule has 0 spiro atoms. The number of fused-ring (bicyclic) bond motifs is 1. The zero-order chi connectivity index (χ0) is 17.1. The van der Waals surface area contributed by atoms with Crippen molar-refractivity contribution < 1.29 is 19.4 Å². The summed E-state index contributed by atoms with van der Waals surface area (Å²) in [5, 5.41) is 9.91. The van der Waals surface area contributed by atoms with Crippen LogP contribution in [-0.4, -0.2) is 52.7 Å². The van der Waals surface area contributed by atoms with Gasteiger partial charge in [-0.05, 0) is 37.5 Å². The predicted octanol–water partition coefficient (Wildman–Crippen LogP) is 2.57. The first-order chi connectivity index (χ1) is 11.5. The molecule has 1 amide bonds. The Morgan fingerprint density at radius 2 is 2.21 bits per heavy atom. The minimum absolute atomic E-state index is 0.00522. The van der Waals surface area contributed by atoms with Crippen LogP contribution in [0, 0.1) is 6.92 Å². The van der Waals surface area contributed by atoms with E-state index in [0.29, 0.717) is 18.8 Å². The smallest absolute Gasteiger partial charge is 0.305 e. The Hall–Kier alpha value is -2.34. The first kappa shape index (κ1) is 16.5. The molecule has 24 heavy (non-hydrogen) atoms. The molecule has 1 atom stereocenters. The molecule has 6 heteroatoms. The highest BCUT2D eigenvalue weighted by molar-refractivity contribution is 5.98. The molecule has 1 fully saturated rings. The molecule has 1 aliphatic heterocycles. The lowest BCUT2D eigenvalue weighted by molar-refractivity contribution is -0.137. The first-order valence-electron chi connectivity index (χ1n) is 8.25. The fourth-order valence-corrected chi connectivity index (χ4v) is 3.07. The SMILES string of the molecule is Cc1ccc2cc(C(=O)N(CCC(=O)O)C[C@H]3CCCO3)[nH]c2c1. The van der Waals surface area contributed by atoms with Crippen LogP contribution in [0.1, 0.15) is 35.3 Å². The predicted molar refractivity (Wildman–Crippen MR) is 90.2 cm³/mol. The van der Waals surface area contributed by atoms with Gasteiger partial charge in [-0.2, -0.15) is 0 Å². The van der Waals surface area contributed by atoms with Gasteiger partial charge < -0.3 is 19.7 Å². The van der Waals surface area contributed by atoms with E-state index >= 15 is 0 Å². The van der Waals surface area contributed by atoms with Crippen LogP contribution in [0.25, 0.3) is 10.9 Å². The van der Waals surface area contributed by atoms with Crippen molar-refractivity contribution in [3.8, 4) is 0 Å². The molecule has 2 aromatic rings. The Kier molecular flexibility index (Phi) is 4.85. The van der Waals surface area contributed by atoms with Crippen molar-refractivity contribution in [2.45, 2.75) is 32.3 Å². The van der Waals surface area contributed by atoms with Gasteiger partial charge in [-0.1, -0.05) is 12.1 Å². The molecule has 0 aliphatic carbocycles. The molecule has 2 heterocycles. The molecule has 6 nitrogen and oxygen atoms in total. The van der Waals surface area contributed by atoms with Crippen LogP contribution < -0.4 is 0 Å². The summed E-state index contributed by atoms with van der Waals surface area (Å²) in [7, 11) is 0. The number of H-pyrrole nitrogens is 1. The Labute approximate surface area is 140 Å². The lowest BCUT2D eigenvalue weighted by atomic mass is 10.2. The molecule has 1 saturated heterocycles. The number of hydrogen-bond acceptors (Lipinski definition) is 3. The summed E-state index contributed by atoms with van der Waals surface area (Å²) in [6.45, 7) is 3.32. The van der Waals surface area contributed by atoms with E-state index in [-0.39, 0.29) is 25.0 Å². The zero-order valence-electron chi connectivity index (χ0n) is 13.7. The molecular weight excluding hydrogens is 308 g/mol. The summed E-state index contributed by atoms with van der Waals surface area (Å²) in [6, 6.07) is 7.78. The van der Waals surface area contributed by atoms with Crippen LogP contribution in [0.5, 0.6) is 0 Å². The Morgan fingerprint density at radius 1 is 1.38 bits per heavy atom. The number of aryl methyl sites for hydroxylation is 1. The van der Waals surface area contributed by atoms with Crippen molar-refractivity contribution in [2.24, 2.45) is 0 Å². The largest absolute Gasteiger partial charge is 0.481 e. The molecule has 1 aromatic carbocycles. The van der Waals surface area contributed by atoms with Crippen LogP contribution in [-0.2, 0) is 9.53 Å². The Balaban J connectivity index is 1.80. The third-order valence-electron chi connectivity index (χ3n) is 4.34. The molecule has 0 unspecified atom stereocenters. The van der Waals surface area contributed by atoms with Gasteiger partial charge >= 0.3 is 5.97 Å². The van der Waals surface area contributed by atoms with Gasteiger partial charge in [0.1, 0.15) is 5.69 Å². The van der Waals surface area contributed by atoms with E-state index in [1.54, 1.807) is 4.90 Å². The van der Waals surface area contributed by atoms with E-state index in [0.717, 1.165) is 29.3 Å². The average Bonchev–Trinajstić information content (AvgIpc) is 3.19. The topological polar surface area (TPSA) is 82.6 Å². The third kappa shape index (κ3) is 3.76. The second kappa shape index (κ2) is 7.05. The number of carbonyl (C=O) groups is 2. The minimum Gasteiger partial charge on any atom is -0.481 e. The summed E-state index contributed by atoms with van der Waals surface area (Å²) in [4.78, 5) is 28.5. The number of aromatic amines is 1. The molecular formula is C18H22N2O4. The van der Waals surface area contributed by atoms with Crippen LogP contribution >= 0.6 is 0 Å². The van der Waals surface area contributed by atoms with Crippen LogP contribution in [0.2, 0.25) is 0 Å². The highest BCUT2D eigenvalue weighted by Gasteiger charge is 2.24. The van der Waals surface area contributed by atoms with Gasteiger partial charge in [0, 0.05) is 30.6 Å². The molecule has 0 radical (unpaired) electrons. The summed E-state index contributed by atoms with van der Waals surface area (Å²) in [5.74, 6) is -1.09. The number of aliphatic carboxylic acids is 1. The molecule has 0 saturated carbocycles. The number of carbonyl (C=O) groups excluding carboxylic acids is 1. The van der Waals surface area contributed by atoms with Crippen LogP contribution in [0.15, 0.2) is 24.3 Å². The van der Waals surface area contributed by atoms with Gasteiger partial charge in [-0.25, -0.2) is 0 Å². The summed E-state index contributed by atoms with van der Waals surface area (Å²) in [5.41, 5.74) is 2.51. The molecule has 1 aliphatic rings. The zero-order valence-corrected chi connectivity index (χ0v) is 13.7. The maximum atomic E-state index is 12.8. The van der Waals surface area contributed by atoms with E-state index in [2.05, 4.69) is 4.98 Å². The number of carboxylic acid groups (broad SMARTS) is 1. The highest BCUT2D eigenvalue weighted by atomic mass is 16.5. The third-order valence-corrected chi connectivity index (χ3v) is 4.34. The van der Waals surface area contributed by atoms with Gasteiger partial charge in [0.25, 0.3) is 5.91 Å². The summed E-state index contributed by atoms with van der Waals surface area (Å²) >= 11 is 0. The number of aromatic nitrogens is 1. The minimum atomic E-state index is -0.910. The van der Waals surface area contributed by atoms with Gasteiger partial charge in [0.15, 0.2) is 0 Å². The van der Waals surface area contributed by atoms with Crippen molar-refractivity contribution in [3.63, 3.8) is 0 Å². The number of amides is 1. The first-order valence-corrected chi connectivity index (χ1v) is 8.25. The second-order valence-corrected chi connectivity index (χ2v) is 6.30. The molecule has 2 N–H and O–H groups in total. The number of hydrogen-bond donors (Lipinski definition) is 2. The number of benzene rings is 1. The normalized spacial score (nSPS) is 17.3. The van der Waals surface area contributed by atoms with Gasteiger partial charge in [-0.15, -0.1) is 0 Å². The maximum Gasteiger partial charge on any atom is 0.305 e. The fourth-order valence-electron chi connectivity index (χ4n) is 3.07. The summed E-state index contributed by atoms with van der Waals surface area (Å²) < 4.78 is 5.60. The van der Waals surface area contributed by atoms with Crippen molar-refractivity contribution in [2.75, 3.05) is 19.7 Å². The molecule has 3 rings (SSSR count). The van der Waals surface area contributed by atoms with E-state index in [4.69, 9.17) is 9.84 Å². The average molecular weight is 330 g/mol. The lowest BCUT2D eigenvalue weighted by Crippen LogP contribution is -2.39. The number of carboxylic acids is 1. The van der Waals surface area contributed by atoms with Gasteiger partial charge in [0.05, 0.1) is 12.5 Å². The van der Waals surface area contributed by atoms with Crippen LogP contribution in [0.4, 0.5) is 0 Å². The lowest BCUT2D eigenvalue weighted by Gasteiger charge is -2.24. The van der Waals surface area contributed by atoms with E-state index in [9.17, 15) is 9.59 Å². The van der Waals surface area contributed by atoms with Crippen molar-refractivity contribution in [1.29, 1.82) is 0 Å². The Morgan fingerprint density at radius 3 is 2.92 bits per heavy atom. The monoisotopic (exact) mass is 330 g/mol. The second-order valence-electron chi connectivity index (χ2n) is 6.30. The number of ether oxygens (including phenoxy) is 1. The summed E-state index contributed by atoms with van der Waals surface area (Å²) in [6.07, 6.45) is 1.81. The quantitative estimate of drug-likeness (QED) is 0.853. The van der Waals surface area contributed by atoms with Gasteiger partial charge in [0.2, 0.25) is 0 Å². The van der Waals surface area contributed by atoms with E-state index in [1.165, 1.54) is 0 Å². The highest BCUT2D eigenvalue weighted by Crippen LogP contribution is 2.20. The molecule has 1 aromatic heterocycles. The number of nitrogens with one attached hydrogen (secondary N) is 1.